The van der Waals surface area contributed by atoms with Crippen LogP contribution in [0.25, 0.3) is 0 Å². The van der Waals surface area contributed by atoms with Crippen molar-refractivity contribution in [2.24, 2.45) is 5.73 Å². The molecule has 0 fully saturated rings. The molecule has 1 unspecified atom stereocenters. The molecule has 1 aromatic rings. The van der Waals surface area contributed by atoms with Crippen LogP contribution in [0.3, 0.4) is 0 Å². The first-order chi connectivity index (χ1) is 6.18. The molecule has 0 aromatic carbocycles. The third kappa shape index (κ3) is 3.75. The van der Waals surface area contributed by atoms with Gasteiger partial charge in [0.1, 0.15) is 5.76 Å². The smallest absolute Gasteiger partial charge is 0.231 e. The predicted octanol–water partition coefficient (Wildman–Crippen LogP) is 0.286. The van der Waals surface area contributed by atoms with Crippen molar-refractivity contribution >= 4 is 5.91 Å². The Kier molecular flexibility index (Phi) is 3.52. The number of hydrogen-bond donors (Lipinski definition) is 2. The van der Waals surface area contributed by atoms with Crippen LogP contribution < -0.4 is 11.1 Å². The SMILES string of the molecule is CC(Cc1ccco1)NCC(N)=O. The van der Waals surface area contributed by atoms with Crippen molar-refractivity contribution in [3.8, 4) is 0 Å². The molecule has 72 valence electrons. The lowest BCUT2D eigenvalue weighted by Crippen LogP contribution is -2.35. The summed E-state index contributed by atoms with van der Waals surface area (Å²) < 4.78 is 5.15. The fourth-order valence-electron chi connectivity index (χ4n) is 1.08. The number of primary amides is 1. The normalized spacial score (nSPS) is 12.7. The number of carbonyl (C=O) groups excluding carboxylic acids is 1. The summed E-state index contributed by atoms with van der Waals surface area (Å²) in [6, 6.07) is 3.94. The fourth-order valence-corrected chi connectivity index (χ4v) is 1.08. The number of amides is 1. The number of nitrogens with two attached hydrogens (primary N) is 1. The van der Waals surface area contributed by atoms with E-state index >= 15 is 0 Å². The minimum atomic E-state index is -0.341. The van der Waals surface area contributed by atoms with Crippen molar-refractivity contribution in [3.63, 3.8) is 0 Å². The van der Waals surface area contributed by atoms with Gasteiger partial charge in [0.25, 0.3) is 0 Å². The summed E-state index contributed by atoms with van der Waals surface area (Å²) in [5.41, 5.74) is 4.99. The van der Waals surface area contributed by atoms with Crippen molar-refractivity contribution < 1.29 is 9.21 Å². The fraction of sp³-hybridized carbons (Fsp3) is 0.444. The maximum absolute atomic E-state index is 10.4. The molecule has 4 heteroatoms. The number of hydrogen-bond acceptors (Lipinski definition) is 3. The van der Waals surface area contributed by atoms with Gasteiger partial charge in [0, 0.05) is 12.5 Å². The van der Waals surface area contributed by atoms with Gasteiger partial charge in [-0.05, 0) is 19.1 Å². The third-order valence-electron chi connectivity index (χ3n) is 1.71. The molecule has 0 radical (unpaired) electrons. The maximum atomic E-state index is 10.4. The summed E-state index contributed by atoms with van der Waals surface area (Å²) in [6.07, 6.45) is 2.40. The Labute approximate surface area is 77.1 Å². The summed E-state index contributed by atoms with van der Waals surface area (Å²) in [6.45, 7) is 2.19. The van der Waals surface area contributed by atoms with Crippen LogP contribution in [0.15, 0.2) is 22.8 Å². The van der Waals surface area contributed by atoms with Gasteiger partial charge in [0.15, 0.2) is 0 Å². The Morgan fingerprint density at radius 1 is 1.77 bits per heavy atom. The molecule has 13 heavy (non-hydrogen) atoms. The number of nitrogens with one attached hydrogen (secondary N) is 1. The van der Waals surface area contributed by atoms with E-state index in [0.717, 1.165) is 12.2 Å². The highest BCUT2D eigenvalue weighted by Gasteiger charge is 2.05. The first-order valence-corrected chi connectivity index (χ1v) is 4.22. The molecule has 0 aliphatic heterocycles. The van der Waals surface area contributed by atoms with Crippen LogP contribution in [0, 0.1) is 0 Å². The summed E-state index contributed by atoms with van der Waals surface area (Å²) >= 11 is 0. The molecule has 0 saturated carbocycles. The Morgan fingerprint density at radius 3 is 3.08 bits per heavy atom. The van der Waals surface area contributed by atoms with E-state index in [1.54, 1.807) is 6.26 Å². The average molecular weight is 182 g/mol. The van der Waals surface area contributed by atoms with Gasteiger partial charge in [-0.1, -0.05) is 0 Å². The first kappa shape index (κ1) is 9.80. The van der Waals surface area contributed by atoms with E-state index in [4.69, 9.17) is 10.2 Å². The predicted molar refractivity (Wildman–Crippen MR) is 49.1 cm³/mol. The molecular weight excluding hydrogens is 168 g/mol. The van der Waals surface area contributed by atoms with Crippen LogP contribution >= 0.6 is 0 Å². The number of carbonyl (C=O) groups is 1. The number of rotatable bonds is 5. The Bertz CT molecular complexity index is 257. The Morgan fingerprint density at radius 2 is 2.54 bits per heavy atom. The molecule has 3 N–H and O–H groups in total. The van der Waals surface area contributed by atoms with Gasteiger partial charge in [-0.3, -0.25) is 4.79 Å². The quantitative estimate of drug-likeness (QED) is 0.687. The minimum Gasteiger partial charge on any atom is -0.469 e. The minimum absolute atomic E-state index is 0.193. The Balaban J connectivity index is 2.25. The van der Waals surface area contributed by atoms with Gasteiger partial charge in [0.05, 0.1) is 12.8 Å². The molecule has 0 aliphatic carbocycles. The van der Waals surface area contributed by atoms with Crippen LogP contribution in [0.2, 0.25) is 0 Å². The van der Waals surface area contributed by atoms with E-state index in [1.807, 2.05) is 19.1 Å². The molecule has 0 saturated heterocycles. The lowest BCUT2D eigenvalue weighted by Gasteiger charge is -2.09. The summed E-state index contributed by atoms with van der Waals surface area (Å²) in [7, 11) is 0. The lowest BCUT2D eigenvalue weighted by atomic mass is 10.2. The molecule has 0 bridgehead atoms. The van der Waals surface area contributed by atoms with Gasteiger partial charge in [-0.15, -0.1) is 0 Å². The molecule has 1 amide bonds. The van der Waals surface area contributed by atoms with E-state index in [2.05, 4.69) is 5.32 Å². The van der Waals surface area contributed by atoms with Gasteiger partial charge < -0.3 is 15.5 Å². The van der Waals surface area contributed by atoms with Crippen LogP contribution in [0.5, 0.6) is 0 Å². The van der Waals surface area contributed by atoms with E-state index in [9.17, 15) is 4.79 Å². The zero-order valence-corrected chi connectivity index (χ0v) is 7.62. The Hall–Kier alpha value is -1.29. The maximum Gasteiger partial charge on any atom is 0.231 e. The first-order valence-electron chi connectivity index (χ1n) is 4.22. The van der Waals surface area contributed by atoms with Crippen molar-refractivity contribution in [2.75, 3.05) is 6.54 Å². The number of furan rings is 1. The molecule has 0 spiro atoms. The highest BCUT2D eigenvalue weighted by Crippen LogP contribution is 2.03. The zero-order valence-electron chi connectivity index (χ0n) is 7.62. The van der Waals surface area contributed by atoms with Gasteiger partial charge in [-0.2, -0.15) is 0 Å². The van der Waals surface area contributed by atoms with E-state index in [1.165, 1.54) is 0 Å². The van der Waals surface area contributed by atoms with Crippen LogP contribution in [0.4, 0.5) is 0 Å². The molecule has 1 aromatic heterocycles. The second kappa shape index (κ2) is 4.67. The topological polar surface area (TPSA) is 68.3 Å². The van der Waals surface area contributed by atoms with Gasteiger partial charge >= 0.3 is 0 Å². The standard InChI is InChI=1S/C9H14N2O2/c1-7(11-6-9(10)12)5-8-3-2-4-13-8/h2-4,7,11H,5-6H2,1H3,(H2,10,12). The van der Waals surface area contributed by atoms with Crippen molar-refractivity contribution in [1.29, 1.82) is 0 Å². The molecule has 0 aliphatic rings. The molecule has 1 rings (SSSR count). The van der Waals surface area contributed by atoms with Crippen LogP contribution in [0.1, 0.15) is 12.7 Å². The highest BCUT2D eigenvalue weighted by molar-refractivity contribution is 5.75. The zero-order chi connectivity index (χ0) is 9.68. The highest BCUT2D eigenvalue weighted by atomic mass is 16.3. The molecule has 1 atom stereocenters. The summed E-state index contributed by atoms with van der Waals surface area (Å²) in [5, 5.41) is 2.99. The second-order valence-corrected chi connectivity index (χ2v) is 3.03. The van der Waals surface area contributed by atoms with Crippen molar-refractivity contribution in [2.45, 2.75) is 19.4 Å². The largest absolute Gasteiger partial charge is 0.469 e. The molecular formula is C9H14N2O2. The van der Waals surface area contributed by atoms with Gasteiger partial charge in [0.2, 0.25) is 5.91 Å². The lowest BCUT2D eigenvalue weighted by molar-refractivity contribution is -0.117. The van der Waals surface area contributed by atoms with E-state index < -0.39 is 0 Å². The molecule has 1 heterocycles. The summed E-state index contributed by atoms with van der Waals surface area (Å²) in [5.74, 6) is 0.566. The third-order valence-corrected chi connectivity index (χ3v) is 1.71. The van der Waals surface area contributed by atoms with Crippen molar-refractivity contribution in [3.05, 3.63) is 24.2 Å². The van der Waals surface area contributed by atoms with Crippen LogP contribution in [-0.2, 0) is 11.2 Å². The molecule has 4 nitrogen and oxygen atoms in total. The monoisotopic (exact) mass is 182 g/mol. The summed E-state index contributed by atoms with van der Waals surface area (Å²) in [4.78, 5) is 10.4. The average Bonchev–Trinajstić information content (AvgIpc) is 2.53. The second-order valence-electron chi connectivity index (χ2n) is 3.03. The van der Waals surface area contributed by atoms with E-state index in [-0.39, 0.29) is 18.5 Å². The van der Waals surface area contributed by atoms with Gasteiger partial charge in [-0.25, -0.2) is 0 Å². The van der Waals surface area contributed by atoms with Crippen LogP contribution in [-0.4, -0.2) is 18.5 Å². The van der Waals surface area contributed by atoms with E-state index in [0.29, 0.717) is 0 Å². The van der Waals surface area contributed by atoms with Crippen molar-refractivity contribution in [1.82, 2.24) is 5.32 Å².